The summed E-state index contributed by atoms with van der Waals surface area (Å²) in [6.45, 7) is 1.89. The number of hydrogen-bond donors (Lipinski definition) is 3. The standard InChI is InChI=1S/C15H13ClN4O/c1-8-11(16)3-2-4-12(8)18-15-19-13-6-5-9(17)7-10(13)14(21)20-15/h2-7H,17H2,1H3,(H2,18,19,20,21). The Bertz CT molecular complexity index is 888. The van der Waals surface area contributed by atoms with E-state index in [2.05, 4.69) is 15.3 Å². The summed E-state index contributed by atoms with van der Waals surface area (Å²) in [4.78, 5) is 19.2. The highest BCUT2D eigenvalue weighted by Crippen LogP contribution is 2.25. The molecule has 5 nitrogen and oxygen atoms in total. The van der Waals surface area contributed by atoms with Gasteiger partial charge >= 0.3 is 0 Å². The summed E-state index contributed by atoms with van der Waals surface area (Å²) >= 11 is 6.08. The molecule has 0 saturated heterocycles. The van der Waals surface area contributed by atoms with E-state index in [4.69, 9.17) is 17.3 Å². The van der Waals surface area contributed by atoms with Crippen LogP contribution in [-0.4, -0.2) is 9.97 Å². The van der Waals surface area contributed by atoms with E-state index in [1.54, 1.807) is 24.3 Å². The number of fused-ring (bicyclic) bond motifs is 1. The van der Waals surface area contributed by atoms with E-state index < -0.39 is 0 Å². The number of hydrogen-bond acceptors (Lipinski definition) is 4. The highest BCUT2D eigenvalue weighted by atomic mass is 35.5. The van der Waals surface area contributed by atoms with Crippen molar-refractivity contribution < 1.29 is 0 Å². The maximum Gasteiger partial charge on any atom is 0.260 e. The molecule has 106 valence electrons. The fourth-order valence-corrected chi connectivity index (χ4v) is 2.26. The van der Waals surface area contributed by atoms with Gasteiger partial charge in [-0.1, -0.05) is 17.7 Å². The van der Waals surface area contributed by atoms with Crippen molar-refractivity contribution in [2.24, 2.45) is 0 Å². The van der Waals surface area contributed by atoms with Gasteiger partial charge in [-0.25, -0.2) is 4.98 Å². The molecule has 0 fully saturated rings. The van der Waals surface area contributed by atoms with Crippen molar-refractivity contribution in [3.8, 4) is 0 Å². The van der Waals surface area contributed by atoms with Gasteiger partial charge in [0.05, 0.1) is 10.9 Å². The Morgan fingerprint density at radius 3 is 2.90 bits per heavy atom. The summed E-state index contributed by atoms with van der Waals surface area (Å²) in [6, 6.07) is 10.5. The number of aromatic amines is 1. The first-order chi connectivity index (χ1) is 10.0. The number of nitrogens with zero attached hydrogens (tertiary/aromatic N) is 1. The molecule has 3 aromatic rings. The first kappa shape index (κ1) is 13.5. The highest BCUT2D eigenvalue weighted by Gasteiger charge is 2.07. The van der Waals surface area contributed by atoms with Crippen molar-refractivity contribution in [3.05, 3.63) is 57.3 Å². The van der Waals surface area contributed by atoms with Crippen LogP contribution in [-0.2, 0) is 0 Å². The van der Waals surface area contributed by atoms with Crippen LogP contribution in [0.4, 0.5) is 17.3 Å². The van der Waals surface area contributed by atoms with E-state index in [9.17, 15) is 4.79 Å². The molecule has 3 rings (SSSR count). The molecule has 0 spiro atoms. The second-order valence-electron chi connectivity index (χ2n) is 4.73. The third kappa shape index (κ3) is 2.55. The molecule has 2 aromatic carbocycles. The van der Waals surface area contributed by atoms with Crippen LogP contribution in [0.5, 0.6) is 0 Å². The Morgan fingerprint density at radius 1 is 1.29 bits per heavy atom. The number of aromatic nitrogens is 2. The average Bonchev–Trinajstić information content (AvgIpc) is 2.45. The minimum Gasteiger partial charge on any atom is -0.399 e. The minimum atomic E-state index is -0.241. The van der Waals surface area contributed by atoms with Gasteiger partial charge in [0.1, 0.15) is 0 Å². The van der Waals surface area contributed by atoms with Crippen molar-refractivity contribution in [1.29, 1.82) is 0 Å². The number of benzene rings is 2. The van der Waals surface area contributed by atoms with Crippen LogP contribution in [0, 0.1) is 6.92 Å². The van der Waals surface area contributed by atoms with Crippen LogP contribution < -0.4 is 16.6 Å². The second kappa shape index (κ2) is 5.10. The Kier molecular flexibility index (Phi) is 3.27. The minimum absolute atomic E-state index is 0.241. The number of nitrogen functional groups attached to an aromatic ring is 1. The second-order valence-corrected chi connectivity index (χ2v) is 5.14. The number of nitrogens with one attached hydrogen (secondary N) is 2. The van der Waals surface area contributed by atoms with Crippen LogP contribution in [0.3, 0.4) is 0 Å². The highest BCUT2D eigenvalue weighted by molar-refractivity contribution is 6.31. The first-order valence-electron chi connectivity index (χ1n) is 6.36. The van der Waals surface area contributed by atoms with Gasteiger partial charge in [0, 0.05) is 16.4 Å². The molecule has 0 saturated carbocycles. The van der Waals surface area contributed by atoms with Crippen LogP contribution in [0.25, 0.3) is 10.9 Å². The summed E-state index contributed by atoms with van der Waals surface area (Å²) in [5.41, 5.74) is 8.23. The predicted octanol–water partition coefficient (Wildman–Crippen LogP) is 3.21. The van der Waals surface area contributed by atoms with E-state index in [1.807, 2.05) is 19.1 Å². The topological polar surface area (TPSA) is 83.8 Å². The smallest absolute Gasteiger partial charge is 0.260 e. The lowest BCUT2D eigenvalue weighted by atomic mass is 10.2. The van der Waals surface area contributed by atoms with Gasteiger partial charge in [-0.2, -0.15) is 0 Å². The summed E-state index contributed by atoms with van der Waals surface area (Å²) in [6.07, 6.45) is 0. The maximum atomic E-state index is 12.1. The van der Waals surface area contributed by atoms with Crippen molar-refractivity contribution in [3.63, 3.8) is 0 Å². The molecule has 21 heavy (non-hydrogen) atoms. The predicted molar refractivity (Wildman–Crippen MR) is 86.2 cm³/mol. The lowest BCUT2D eigenvalue weighted by Crippen LogP contribution is -2.11. The molecule has 1 heterocycles. The zero-order valence-electron chi connectivity index (χ0n) is 11.3. The molecule has 4 N–H and O–H groups in total. The third-order valence-corrected chi connectivity index (χ3v) is 3.66. The number of H-pyrrole nitrogens is 1. The third-order valence-electron chi connectivity index (χ3n) is 3.25. The number of anilines is 3. The normalized spacial score (nSPS) is 10.8. The van der Waals surface area contributed by atoms with Crippen molar-refractivity contribution in [2.45, 2.75) is 6.92 Å². The SMILES string of the molecule is Cc1c(Cl)cccc1Nc1nc2ccc(N)cc2c(=O)[nH]1. The van der Waals surface area contributed by atoms with Crippen molar-refractivity contribution >= 4 is 39.8 Å². The summed E-state index contributed by atoms with van der Waals surface area (Å²) in [5.74, 6) is 0.364. The molecule has 0 atom stereocenters. The van der Waals surface area contributed by atoms with Gasteiger partial charge in [-0.3, -0.25) is 9.78 Å². The van der Waals surface area contributed by atoms with Crippen LogP contribution in [0.1, 0.15) is 5.56 Å². The lowest BCUT2D eigenvalue weighted by molar-refractivity contribution is 1.17. The van der Waals surface area contributed by atoms with Gasteiger partial charge in [-0.05, 0) is 42.8 Å². The quantitative estimate of drug-likeness (QED) is 0.635. The van der Waals surface area contributed by atoms with Gasteiger partial charge < -0.3 is 11.1 Å². The van der Waals surface area contributed by atoms with E-state index in [-0.39, 0.29) is 5.56 Å². The van der Waals surface area contributed by atoms with Crippen LogP contribution in [0.15, 0.2) is 41.2 Å². The largest absolute Gasteiger partial charge is 0.399 e. The van der Waals surface area contributed by atoms with Crippen molar-refractivity contribution in [1.82, 2.24) is 9.97 Å². The number of halogens is 1. The number of nitrogens with two attached hydrogens (primary N) is 1. The summed E-state index contributed by atoms with van der Waals surface area (Å²) in [7, 11) is 0. The molecule has 0 bridgehead atoms. The van der Waals surface area contributed by atoms with Crippen LogP contribution in [0.2, 0.25) is 5.02 Å². The van der Waals surface area contributed by atoms with Gasteiger partial charge in [0.25, 0.3) is 5.56 Å². The molecular weight excluding hydrogens is 288 g/mol. The monoisotopic (exact) mass is 300 g/mol. The fraction of sp³-hybridized carbons (Fsp3) is 0.0667. The molecule has 0 amide bonds. The molecule has 0 aliphatic carbocycles. The van der Waals surface area contributed by atoms with Gasteiger partial charge in [0.2, 0.25) is 5.95 Å². The Hall–Kier alpha value is -2.53. The molecule has 1 aromatic heterocycles. The van der Waals surface area contributed by atoms with Gasteiger partial charge in [0.15, 0.2) is 0 Å². The average molecular weight is 301 g/mol. The molecule has 0 radical (unpaired) electrons. The maximum absolute atomic E-state index is 12.1. The Balaban J connectivity index is 2.08. The van der Waals surface area contributed by atoms with E-state index in [1.165, 1.54) is 0 Å². The van der Waals surface area contributed by atoms with Crippen molar-refractivity contribution in [2.75, 3.05) is 11.1 Å². The van der Waals surface area contributed by atoms with Crippen LogP contribution >= 0.6 is 11.6 Å². The molecule has 6 heteroatoms. The molecule has 0 unspecified atom stereocenters. The summed E-state index contributed by atoms with van der Waals surface area (Å²) in [5, 5.41) is 4.19. The van der Waals surface area contributed by atoms with E-state index in [0.717, 1.165) is 11.3 Å². The summed E-state index contributed by atoms with van der Waals surface area (Å²) < 4.78 is 0. The zero-order chi connectivity index (χ0) is 15.0. The Morgan fingerprint density at radius 2 is 2.10 bits per heavy atom. The Labute approximate surface area is 125 Å². The van der Waals surface area contributed by atoms with Gasteiger partial charge in [-0.15, -0.1) is 0 Å². The molecule has 0 aliphatic heterocycles. The molecular formula is C15H13ClN4O. The van der Waals surface area contributed by atoms with E-state index in [0.29, 0.717) is 27.6 Å². The number of rotatable bonds is 2. The van der Waals surface area contributed by atoms with E-state index >= 15 is 0 Å². The fourth-order valence-electron chi connectivity index (χ4n) is 2.09. The zero-order valence-corrected chi connectivity index (χ0v) is 12.0. The first-order valence-corrected chi connectivity index (χ1v) is 6.74. The lowest BCUT2D eigenvalue weighted by Gasteiger charge is -2.10. The molecule has 0 aliphatic rings.